The minimum atomic E-state index is -0.196. The zero-order chi connectivity index (χ0) is 13.4. The van der Waals surface area contributed by atoms with Gasteiger partial charge in [0, 0.05) is 12.1 Å². The van der Waals surface area contributed by atoms with Crippen molar-refractivity contribution in [3.63, 3.8) is 0 Å². The van der Waals surface area contributed by atoms with E-state index in [1.54, 1.807) is 18.2 Å². The molecule has 2 N–H and O–H groups in total. The van der Waals surface area contributed by atoms with Crippen LogP contribution in [0.4, 0.5) is 0 Å². The second-order valence-electron chi connectivity index (χ2n) is 4.54. The largest absolute Gasteiger partial charge is 0.494 e. The molecule has 0 aliphatic carbocycles. The Labute approximate surface area is 108 Å². The molecule has 1 aromatic rings. The van der Waals surface area contributed by atoms with Gasteiger partial charge in [-0.05, 0) is 30.5 Å². The number of benzene rings is 1. The van der Waals surface area contributed by atoms with Crippen LogP contribution in [0.25, 0.3) is 0 Å². The molecule has 0 saturated heterocycles. The highest BCUT2D eigenvalue weighted by molar-refractivity contribution is 5.94. The molecule has 4 heteroatoms. The molecule has 0 saturated carbocycles. The molecule has 0 atom stereocenters. The monoisotopic (exact) mass is 251 g/mol. The van der Waals surface area contributed by atoms with Crippen LogP contribution in [-0.4, -0.2) is 30.8 Å². The van der Waals surface area contributed by atoms with Crippen molar-refractivity contribution in [3.8, 4) is 5.75 Å². The molecule has 0 bridgehead atoms. The number of aliphatic hydroxyl groups excluding tert-OH is 1. The fourth-order valence-electron chi connectivity index (χ4n) is 1.41. The molecule has 1 amide bonds. The van der Waals surface area contributed by atoms with Crippen LogP contribution in [0.1, 0.15) is 30.6 Å². The second kappa shape index (κ2) is 7.71. The van der Waals surface area contributed by atoms with E-state index in [9.17, 15) is 4.79 Å². The Hall–Kier alpha value is -1.55. The molecular formula is C14H21NO3. The van der Waals surface area contributed by atoms with Crippen molar-refractivity contribution in [2.24, 2.45) is 5.92 Å². The van der Waals surface area contributed by atoms with E-state index in [1.807, 2.05) is 6.07 Å². The molecule has 0 aromatic heterocycles. The molecule has 0 unspecified atom stereocenters. The highest BCUT2D eigenvalue weighted by Crippen LogP contribution is 2.14. The summed E-state index contributed by atoms with van der Waals surface area (Å²) in [6, 6.07) is 7.07. The molecule has 0 fully saturated rings. The minimum Gasteiger partial charge on any atom is -0.494 e. The van der Waals surface area contributed by atoms with Gasteiger partial charge in [0.2, 0.25) is 0 Å². The molecule has 18 heavy (non-hydrogen) atoms. The van der Waals surface area contributed by atoms with Crippen molar-refractivity contribution in [2.45, 2.75) is 20.3 Å². The summed E-state index contributed by atoms with van der Waals surface area (Å²) in [6.07, 6.45) is 0.987. The molecule has 0 aliphatic heterocycles. The van der Waals surface area contributed by atoms with E-state index in [1.165, 1.54) is 0 Å². The first-order chi connectivity index (χ1) is 8.63. The van der Waals surface area contributed by atoms with Gasteiger partial charge in [-0.25, -0.2) is 0 Å². The molecule has 0 radical (unpaired) electrons. The summed E-state index contributed by atoms with van der Waals surface area (Å²) in [4.78, 5) is 11.7. The molecule has 0 heterocycles. The maximum Gasteiger partial charge on any atom is 0.251 e. The highest BCUT2D eigenvalue weighted by Gasteiger charge is 2.05. The van der Waals surface area contributed by atoms with Gasteiger partial charge in [-0.3, -0.25) is 4.79 Å². The SMILES string of the molecule is CC(C)CCOc1cccc(C(=O)NCCO)c1. The molecule has 0 aliphatic rings. The van der Waals surface area contributed by atoms with Crippen LogP contribution in [0, 0.1) is 5.92 Å². The van der Waals surface area contributed by atoms with Crippen LogP contribution < -0.4 is 10.1 Å². The average molecular weight is 251 g/mol. The van der Waals surface area contributed by atoms with E-state index in [4.69, 9.17) is 9.84 Å². The zero-order valence-electron chi connectivity index (χ0n) is 11.0. The van der Waals surface area contributed by atoms with Gasteiger partial charge in [0.1, 0.15) is 5.75 Å². The summed E-state index contributed by atoms with van der Waals surface area (Å²) >= 11 is 0. The fourth-order valence-corrected chi connectivity index (χ4v) is 1.41. The Balaban J connectivity index is 2.53. The van der Waals surface area contributed by atoms with Gasteiger partial charge in [0.25, 0.3) is 5.91 Å². The first-order valence-corrected chi connectivity index (χ1v) is 6.25. The molecule has 4 nitrogen and oxygen atoms in total. The second-order valence-corrected chi connectivity index (χ2v) is 4.54. The molecule has 0 spiro atoms. The number of nitrogens with one attached hydrogen (secondary N) is 1. The lowest BCUT2D eigenvalue weighted by atomic mass is 10.1. The van der Waals surface area contributed by atoms with Crippen molar-refractivity contribution in [1.29, 1.82) is 0 Å². The lowest BCUT2D eigenvalue weighted by Gasteiger charge is -2.09. The number of hydrogen-bond donors (Lipinski definition) is 2. The standard InChI is InChI=1S/C14H21NO3/c1-11(2)6-9-18-13-5-3-4-12(10-13)14(17)15-7-8-16/h3-5,10-11,16H,6-9H2,1-2H3,(H,15,17). The predicted octanol–water partition coefficient (Wildman–Crippen LogP) is 1.83. The third kappa shape index (κ3) is 5.19. The van der Waals surface area contributed by atoms with Gasteiger partial charge >= 0.3 is 0 Å². The Morgan fingerprint density at radius 3 is 2.89 bits per heavy atom. The van der Waals surface area contributed by atoms with Crippen molar-refractivity contribution in [2.75, 3.05) is 19.8 Å². The average Bonchev–Trinajstić information content (AvgIpc) is 2.36. The van der Waals surface area contributed by atoms with E-state index >= 15 is 0 Å². The van der Waals surface area contributed by atoms with E-state index in [2.05, 4.69) is 19.2 Å². The zero-order valence-corrected chi connectivity index (χ0v) is 11.0. The van der Waals surface area contributed by atoms with Crippen LogP contribution >= 0.6 is 0 Å². The van der Waals surface area contributed by atoms with Crippen LogP contribution in [0.3, 0.4) is 0 Å². The molecule has 1 rings (SSSR count). The van der Waals surface area contributed by atoms with Crippen molar-refractivity contribution < 1.29 is 14.6 Å². The van der Waals surface area contributed by atoms with Crippen LogP contribution in [0.5, 0.6) is 5.75 Å². The normalized spacial score (nSPS) is 10.4. The summed E-state index contributed by atoms with van der Waals surface area (Å²) in [6.45, 7) is 5.14. The molecule has 100 valence electrons. The number of carbonyl (C=O) groups is 1. The van der Waals surface area contributed by atoms with Gasteiger partial charge in [-0.15, -0.1) is 0 Å². The third-order valence-electron chi connectivity index (χ3n) is 2.46. The first-order valence-electron chi connectivity index (χ1n) is 6.25. The van der Waals surface area contributed by atoms with Crippen LogP contribution in [-0.2, 0) is 0 Å². The third-order valence-corrected chi connectivity index (χ3v) is 2.46. The maximum absolute atomic E-state index is 11.7. The minimum absolute atomic E-state index is 0.0592. The smallest absolute Gasteiger partial charge is 0.251 e. The maximum atomic E-state index is 11.7. The topological polar surface area (TPSA) is 58.6 Å². The van der Waals surface area contributed by atoms with E-state index in [0.29, 0.717) is 23.8 Å². The van der Waals surface area contributed by atoms with Crippen LogP contribution in [0.15, 0.2) is 24.3 Å². The van der Waals surface area contributed by atoms with Gasteiger partial charge in [0.15, 0.2) is 0 Å². The number of aliphatic hydroxyl groups is 1. The molecular weight excluding hydrogens is 230 g/mol. The summed E-state index contributed by atoms with van der Waals surface area (Å²) < 4.78 is 5.58. The highest BCUT2D eigenvalue weighted by atomic mass is 16.5. The summed E-state index contributed by atoms with van der Waals surface area (Å²) in [5.74, 6) is 1.10. The number of rotatable bonds is 7. The quantitative estimate of drug-likeness (QED) is 0.777. The van der Waals surface area contributed by atoms with E-state index < -0.39 is 0 Å². The summed E-state index contributed by atoms with van der Waals surface area (Å²) in [7, 11) is 0. The predicted molar refractivity (Wildman–Crippen MR) is 70.8 cm³/mol. The number of ether oxygens (including phenoxy) is 1. The number of hydrogen-bond acceptors (Lipinski definition) is 3. The Bertz CT molecular complexity index is 377. The van der Waals surface area contributed by atoms with Crippen molar-refractivity contribution in [1.82, 2.24) is 5.32 Å². The van der Waals surface area contributed by atoms with Gasteiger partial charge in [0.05, 0.1) is 13.2 Å². The fraction of sp³-hybridized carbons (Fsp3) is 0.500. The van der Waals surface area contributed by atoms with Crippen molar-refractivity contribution >= 4 is 5.91 Å². The number of amides is 1. The Morgan fingerprint density at radius 2 is 2.22 bits per heavy atom. The van der Waals surface area contributed by atoms with Gasteiger partial charge in [-0.1, -0.05) is 19.9 Å². The Morgan fingerprint density at radius 1 is 1.44 bits per heavy atom. The first kappa shape index (κ1) is 14.5. The van der Waals surface area contributed by atoms with Gasteiger partial charge in [-0.2, -0.15) is 0 Å². The van der Waals surface area contributed by atoms with Crippen LogP contribution in [0.2, 0.25) is 0 Å². The lowest BCUT2D eigenvalue weighted by Crippen LogP contribution is -2.26. The summed E-state index contributed by atoms with van der Waals surface area (Å²) in [5, 5.41) is 11.3. The lowest BCUT2D eigenvalue weighted by molar-refractivity contribution is 0.0944. The van der Waals surface area contributed by atoms with E-state index in [0.717, 1.165) is 6.42 Å². The summed E-state index contributed by atoms with van der Waals surface area (Å²) in [5.41, 5.74) is 0.547. The molecule has 1 aromatic carbocycles. The van der Waals surface area contributed by atoms with Gasteiger partial charge < -0.3 is 15.2 Å². The van der Waals surface area contributed by atoms with E-state index in [-0.39, 0.29) is 19.1 Å². The van der Waals surface area contributed by atoms with Crippen molar-refractivity contribution in [3.05, 3.63) is 29.8 Å². The number of carbonyl (C=O) groups excluding carboxylic acids is 1. The Kier molecular flexibility index (Phi) is 6.22.